The summed E-state index contributed by atoms with van der Waals surface area (Å²) < 4.78 is 5.27. The molecule has 1 aromatic carbocycles. The van der Waals surface area contributed by atoms with Gasteiger partial charge in [-0.1, -0.05) is 16.8 Å². The minimum absolute atomic E-state index is 0.205. The molecule has 4 aromatic rings. The van der Waals surface area contributed by atoms with Gasteiger partial charge in [-0.25, -0.2) is 0 Å². The number of nitrogens with zero attached hydrogens (tertiary/aromatic N) is 2. The molecule has 0 spiro atoms. The molecule has 0 saturated heterocycles. The average molecular weight is 306 g/mol. The molecule has 0 atom stereocenters. The molecule has 23 heavy (non-hydrogen) atoms. The smallest absolute Gasteiger partial charge is 0.263 e. The third-order valence-corrected chi connectivity index (χ3v) is 3.73. The van der Waals surface area contributed by atoms with E-state index in [-0.39, 0.29) is 11.4 Å². The highest BCUT2D eigenvalue weighted by Gasteiger charge is 2.15. The Kier molecular flexibility index (Phi) is 2.90. The molecular formula is C17H14N4O2. The van der Waals surface area contributed by atoms with E-state index in [1.165, 1.54) is 0 Å². The van der Waals surface area contributed by atoms with Crippen molar-refractivity contribution in [2.75, 3.05) is 0 Å². The molecule has 4 rings (SSSR count). The minimum Gasteiger partial charge on any atom is -0.356 e. The summed E-state index contributed by atoms with van der Waals surface area (Å²) >= 11 is 0. The molecular weight excluding hydrogens is 292 g/mol. The van der Waals surface area contributed by atoms with Crippen LogP contribution < -0.4 is 5.56 Å². The molecule has 0 fully saturated rings. The first-order chi connectivity index (χ1) is 11.1. The quantitative estimate of drug-likeness (QED) is 0.595. The van der Waals surface area contributed by atoms with Crippen LogP contribution in [0.25, 0.3) is 33.9 Å². The maximum atomic E-state index is 12.3. The standard InChI is InChI=1S/C17H14N4O2/c1-9-3-5-13-11(7-9)8-12(16(22)19-13)17-20-15(21-23-17)14-6-4-10(2)18-14/h3-8,18H,1-2H3,(H,19,22). The van der Waals surface area contributed by atoms with Crippen molar-refractivity contribution < 1.29 is 4.52 Å². The summed E-state index contributed by atoms with van der Waals surface area (Å²) in [5, 5.41) is 4.87. The topological polar surface area (TPSA) is 87.6 Å². The summed E-state index contributed by atoms with van der Waals surface area (Å²) in [5.74, 6) is 0.633. The molecule has 3 aromatic heterocycles. The van der Waals surface area contributed by atoms with E-state index in [9.17, 15) is 4.79 Å². The van der Waals surface area contributed by atoms with Gasteiger partial charge in [0.05, 0.1) is 5.69 Å². The second-order valence-electron chi connectivity index (χ2n) is 5.58. The van der Waals surface area contributed by atoms with Crippen molar-refractivity contribution in [2.45, 2.75) is 13.8 Å². The monoisotopic (exact) mass is 306 g/mol. The zero-order valence-electron chi connectivity index (χ0n) is 12.7. The van der Waals surface area contributed by atoms with Crippen LogP contribution in [0.4, 0.5) is 0 Å². The van der Waals surface area contributed by atoms with E-state index >= 15 is 0 Å². The van der Waals surface area contributed by atoms with Crippen LogP contribution in [0.5, 0.6) is 0 Å². The molecule has 0 saturated carbocycles. The zero-order valence-corrected chi connectivity index (χ0v) is 12.7. The van der Waals surface area contributed by atoms with Crippen LogP contribution in [0.3, 0.4) is 0 Å². The lowest BCUT2D eigenvalue weighted by molar-refractivity contribution is 0.431. The maximum Gasteiger partial charge on any atom is 0.263 e. The average Bonchev–Trinajstić information content (AvgIpc) is 3.16. The molecule has 3 heterocycles. The van der Waals surface area contributed by atoms with E-state index < -0.39 is 0 Å². The Morgan fingerprint density at radius 3 is 2.70 bits per heavy atom. The van der Waals surface area contributed by atoms with Gasteiger partial charge in [0, 0.05) is 11.2 Å². The lowest BCUT2D eigenvalue weighted by atomic mass is 10.1. The van der Waals surface area contributed by atoms with Crippen LogP contribution in [0.2, 0.25) is 0 Å². The number of pyridine rings is 1. The van der Waals surface area contributed by atoms with Crippen LogP contribution in [0, 0.1) is 13.8 Å². The van der Waals surface area contributed by atoms with Gasteiger partial charge in [0.15, 0.2) is 0 Å². The van der Waals surface area contributed by atoms with Gasteiger partial charge in [-0.15, -0.1) is 0 Å². The molecule has 0 unspecified atom stereocenters. The Bertz CT molecular complexity index is 1070. The van der Waals surface area contributed by atoms with E-state index in [4.69, 9.17) is 4.52 Å². The molecule has 6 heteroatoms. The predicted molar refractivity (Wildman–Crippen MR) is 87.1 cm³/mol. The highest BCUT2D eigenvalue weighted by atomic mass is 16.5. The van der Waals surface area contributed by atoms with Gasteiger partial charge in [-0.3, -0.25) is 4.79 Å². The summed E-state index contributed by atoms with van der Waals surface area (Å²) in [6, 6.07) is 11.4. The van der Waals surface area contributed by atoms with Crippen molar-refractivity contribution in [3.8, 4) is 23.0 Å². The number of fused-ring (bicyclic) bond motifs is 1. The normalized spacial score (nSPS) is 11.2. The van der Waals surface area contributed by atoms with Gasteiger partial charge >= 0.3 is 0 Å². The first-order valence-electron chi connectivity index (χ1n) is 7.24. The largest absolute Gasteiger partial charge is 0.356 e. The van der Waals surface area contributed by atoms with Crippen molar-refractivity contribution in [3.63, 3.8) is 0 Å². The SMILES string of the molecule is Cc1ccc2[nH]c(=O)c(-c3nc(-c4ccc(C)[nH]4)no3)cc2c1. The van der Waals surface area contributed by atoms with Crippen LogP contribution in [-0.2, 0) is 0 Å². The van der Waals surface area contributed by atoms with Crippen LogP contribution in [0.15, 0.2) is 45.7 Å². The van der Waals surface area contributed by atoms with Crippen LogP contribution in [-0.4, -0.2) is 20.1 Å². The first-order valence-corrected chi connectivity index (χ1v) is 7.24. The molecule has 114 valence electrons. The Hall–Kier alpha value is -3.15. The van der Waals surface area contributed by atoms with Gasteiger partial charge in [0.25, 0.3) is 11.4 Å². The number of aromatic nitrogens is 4. The number of H-pyrrole nitrogens is 2. The lowest BCUT2D eigenvalue weighted by Crippen LogP contribution is -2.08. The van der Waals surface area contributed by atoms with Gasteiger partial charge in [0.1, 0.15) is 5.56 Å². The fourth-order valence-corrected chi connectivity index (χ4v) is 2.56. The summed E-state index contributed by atoms with van der Waals surface area (Å²) in [6.45, 7) is 3.95. The Morgan fingerprint density at radius 2 is 1.91 bits per heavy atom. The predicted octanol–water partition coefficient (Wildman–Crippen LogP) is 3.19. The highest BCUT2D eigenvalue weighted by Crippen LogP contribution is 2.22. The van der Waals surface area contributed by atoms with Crippen molar-refractivity contribution in [1.29, 1.82) is 0 Å². The second-order valence-corrected chi connectivity index (χ2v) is 5.58. The van der Waals surface area contributed by atoms with E-state index in [1.807, 2.05) is 44.2 Å². The third-order valence-electron chi connectivity index (χ3n) is 3.73. The molecule has 0 aliphatic rings. The number of aryl methyl sites for hydroxylation is 2. The first kappa shape index (κ1) is 13.5. The fraction of sp³-hybridized carbons (Fsp3) is 0.118. The maximum absolute atomic E-state index is 12.3. The summed E-state index contributed by atoms with van der Waals surface area (Å²) in [4.78, 5) is 22.6. The van der Waals surface area contributed by atoms with Crippen LogP contribution >= 0.6 is 0 Å². The number of hydrogen-bond donors (Lipinski definition) is 2. The van der Waals surface area contributed by atoms with E-state index in [1.54, 1.807) is 6.07 Å². The molecule has 0 aliphatic carbocycles. The van der Waals surface area contributed by atoms with Crippen molar-refractivity contribution >= 4 is 10.9 Å². The number of hydrogen-bond acceptors (Lipinski definition) is 4. The molecule has 6 nitrogen and oxygen atoms in total. The number of aromatic amines is 2. The lowest BCUT2D eigenvalue weighted by Gasteiger charge is -2.01. The fourth-order valence-electron chi connectivity index (χ4n) is 2.56. The zero-order chi connectivity index (χ0) is 16.0. The summed E-state index contributed by atoms with van der Waals surface area (Å²) in [5.41, 5.74) is 3.77. The molecule has 0 amide bonds. The van der Waals surface area contributed by atoms with Gasteiger partial charge < -0.3 is 14.5 Å². The van der Waals surface area contributed by atoms with Crippen molar-refractivity contribution in [2.24, 2.45) is 0 Å². The highest BCUT2D eigenvalue weighted by molar-refractivity contribution is 5.82. The van der Waals surface area contributed by atoms with Gasteiger partial charge in [-0.05, 0) is 49.6 Å². The molecule has 0 radical (unpaired) electrons. The number of nitrogens with one attached hydrogen (secondary N) is 2. The number of benzene rings is 1. The summed E-state index contributed by atoms with van der Waals surface area (Å²) in [7, 11) is 0. The van der Waals surface area contributed by atoms with Gasteiger partial charge in [-0.2, -0.15) is 4.98 Å². The minimum atomic E-state index is -0.251. The number of rotatable bonds is 2. The summed E-state index contributed by atoms with van der Waals surface area (Å²) in [6.07, 6.45) is 0. The van der Waals surface area contributed by atoms with Crippen molar-refractivity contribution in [1.82, 2.24) is 20.1 Å². The van der Waals surface area contributed by atoms with E-state index in [2.05, 4.69) is 20.1 Å². The Morgan fingerprint density at radius 1 is 1.04 bits per heavy atom. The molecule has 0 aliphatic heterocycles. The van der Waals surface area contributed by atoms with E-state index in [0.717, 1.165) is 27.9 Å². The molecule has 2 N–H and O–H groups in total. The second kappa shape index (κ2) is 4.95. The third kappa shape index (κ3) is 2.34. The van der Waals surface area contributed by atoms with Crippen molar-refractivity contribution in [3.05, 3.63) is 58.0 Å². The Labute approximate surface area is 131 Å². The Balaban J connectivity index is 1.84. The molecule has 0 bridgehead atoms. The van der Waals surface area contributed by atoms with Crippen LogP contribution in [0.1, 0.15) is 11.3 Å². The van der Waals surface area contributed by atoms with Gasteiger partial charge in [0.2, 0.25) is 5.82 Å². The van der Waals surface area contributed by atoms with E-state index in [0.29, 0.717) is 11.4 Å².